The Labute approximate surface area is 210 Å². The van der Waals surface area contributed by atoms with Gasteiger partial charge in [0.15, 0.2) is 11.5 Å². The number of H-pyrrole nitrogens is 1. The quantitative estimate of drug-likeness (QED) is 0.422. The van der Waals surface area contributed by atoms with Crippen LogP contribution in [0.25, 0.3) is 22.2 Å². The number of nitrogens with zero attached hydrogens (tertiary/aromatic N) is 5. The average molecular weight is 486 g/mol. The van der Waals surface area contributed by atoms with E-state index in [2.05, 4.69) is 43.6 Å². The van der Waals surface area contributed by atoms with Crippen LogP contribution in [-0.2, 0) is 0 Å². The Morgan fingerprint density at radius 2 is 1.81 bits per heavy atom. The SMILES string of the molecule is COc1cc2[nH]nc(-c3cnc(N4CC5CC(C4)N5)c(C)c3)c2cc1O[C@H](C)c1c(C)cnnc1C. The lowest BCUT2D eigenvalue weighted by Crippen LogP contribution is -2.67. The van der Waals surface area contributed by atoms with Gasteiger partial charge in [-0.25, -0.2) is 4.98 Å². The standard InChI is InChI=1S/C27H31N7O2/c1-14-6-18(11-28-27(14)34-12-19-7-20(13-34)30-19)26-21-8-24(23(35-5)9-22(21)32-33-26)36-17(4)25-15(2)10-29-31-16(25)3/h6,8-11,17,19-20,30H,7,12-13H2,1-5H3,(H,32,33)/t17-,19?,20?/m1/s1. The molecule has 0 aliphatic carbocycles. The number of aryl methyl sites for hydroxylation is 3. The van der Waals surface area contributed by atoms with Crippen LogP contribution in [0, 0.1) is 20.8 Å². The first-order chi connectivity index (χ1) is 17.4. The summed E-state index contributed by atoms with van der Waals surface area (Å²) in [6.07, 6.45) is 4.74. The maximum atomic E-state index is 6.43. The van der Waals surface area contributed by atoms with Crippen LogP contribution in [0.2, 0.25) is 0 Å². The third-order valence-corrected chi connectivity index (χ3v) is 7.38. The fraction of sp³-hybridized carbons (Fsp3) is 0.407. The van der Waals surface area contributed by atoms with Gasteiger partial charge in [-0.2, -0.15) is 15.3 Å². The van der Waals surface area contributed by atoms with Crippen LogP contribution in [-0.4, -0.2) is 57.7 Å². The molecule has 6 heterocycles. The summed E-state index contributed by atoms with van der Waals surface area (Å²) >= 11 is 0. The number of rotatable bonds is 6. The number of anilines is 1. The molecule has 9 nitrogen and oxygen atoms in total. The van der Waals surface area contributed by atoms with Gasteiger partial charge < -0.3 is 19.7 Å². The Balaban J connectivity index is 1.34. The maximum Gasteiger partial charge on any atom is 0.162 e. The molecule has 4 aromatic rings. The second-order valence-corrected chi connectivity index (χ2v) is 9.97. The van der Waals surface area contributed by atoms with Crippen molar-refractivity contribution in [1.29, 1.82) is 0 Å². The van der Waals surface area contributed by atoms with Gasteiger partial charge in [-0.15, -0.1) is 0 Å². The summed E-state index contributed by atoms with van der Waals surface area (Å²) in [4.78, 5) is 7.25. The van der Waals surface area contributed by atoms with Crippen LogP contribution in [0.4, 0.5) is 5.82 Å². The molecule has 2 N–H and O–H groups in total. The zero-order valence-corrected chi connectivity index (χ0v) is 21.3. The Morgan fingerprint density at radius 3 is 2.50 bits per heavy atom. The van der Waals surface area contributed by atoms with Gasteiger partial charge in [-0.1, -0.05) is 0 Å². The molecule has 36 heavy (non-hydrogen) atoms. The van der Waals surface area contributed by atoms with Crippen LogP contribution in [0.1, 0.15) is 41.8 Å². The summed E-state index contributed by atoms with van der Waals surface area (Å²) in [5.41, 5.74) is 6.77. The van der Waals surface area contributed by atoms with E-state index in [0.717, 1.165) is 63.5 Å². The molecule has 186 valence electrons. The molecular weight excluding hydrogens is 454 g/mol. The fourth-order valence-corrected chi connectivity index (χ4v) is 5.69. The lowest BCUT2D eigenvalue weighted by molar-refractivity contribution is 0.214. The van der Waals surface area contributed by atoms with Gasteiger partial charge in [0.2, 0.25) is 0 Å². The van der Waals surface area contributed by atoms with E-state index in [1.807, 2.05) is 39.1 Å². The Hall–Kier alpha value is -3.72. The largest absolute Gasteiger partial charge is 0.493 e. The van der Waals surface area contributed by atoms with Crippen molar-refractivity contribution in [3.05, 3.63) is 53.0 Å². The number of ether oxygens (including phenoxy) is 2. The molecule has 2 bridgehead atoms. The lowest BCUT2D eigenvalue weighted by Gasteiger charge is -2.49. The minimum atomic E-state index is -0.226. The summed E-state index contributed by atoms with van der Waals surface area (Å²) in [6, 6.07) is 7.28. The summed E-state index contributed by atoms with van der Waals surface area (Å²) in [5, 5.41) is 20.6. The molecule has 1 aromatic carbocycles. The smallest absolute Gasteiger partial charge is 0.162 e. The highest BCUT2D eigenvalue weighted by Gasteiger charge is 2.37. The molecular formula is C27H31N7O2. The van der Waals surface area contributed by atoms with Gasteiger partial charge in [0, 0.05) is 53.9 Å². The van der Waals surface area contributed by atoms with Crippen molar-refractivity contribution in [2.24, 2.45) is 0 Å². The normalized spacial score (nSPS) is 19.8. The van der Waals surface area contributed by atoms with E-state index in [0.29, 0.717) is 23.6 Å². The number of fused-ring (bicyclic) bond motifs is 3. The first-order valence-corrected chi connectivity index (χ1v) is 12.4. The van der Waals surface area contributed by atoms with Gasteiger partial charge in [0.1, 0.15) is 17.6 Å². The van der Waals surface area contributed by atoms with E-state index < -0.39 is 0 Å². The summed E-state index contributed by atoms with van der Waals surface area (Å²) in [7, 11) is 1.65. The predicted molar refractivity (Wildman–Crippen MR) is 139 cm³/mol. The highest BCUT2D eigenvalue weighted by molar-refractivity contribution is 5.95. The molecule has 3 aliphatic rings. The van der Waals surface area contributed by atoms with Crippen molar-refractivity contribution in [2.75, 3.05) is 25.1 Å². The molecule has 0 radical (unpaired) electrons. The van der Waals surface area contributed by atoms with E-state index in [4.69, 9.17) is 14.5 Å². The highest BCUT2D eigenvalue weighted by atomic mass is 16.5. The molecule has 3 aliphatic heterocycles. The van der Waals surface area contributed by atoms with Crippen molar-refractivity contribution in [3.8, 4) is 22.8 Å². The molecule has 3 fully saturated rings. The number of benzene rings is 1. The number of hydrogen-bond acceptors (Lipinski definition) is 8. The van der Waals surface area contributed by atoms with Gasteiger partial charge >= 0.3 is 0 Å². The van der Waals surface area contributed by atoms with Crippen LogP contribution in [0.3, 0.4) is 0 Å². The van der Waals surface area contributed by atoms with Crippen LogP contribution in [0.5, 0.6) is 11.5 Å². The van der Waals surface area contributed by atoms with Crippen molar-refractivity contribution in [2.45, 2.75) is 52.3 Å². The van der Waals surface area contributed by atoms with Crippen molar-refractivity contribution < 1.29 is 9.47 Å². The second kappa shape index (κ2) is 8.74. The van der Waals surface area contributed by atoms with Gasteiger partial charge in [-0.3, -0.25) is 5.10 Å². The first-order valence-electron chi connectivity index (χ1n) is 12.4. The van der Waals surface area contributed by atoms with E-state index in [9.17, 15) is 0 Å². The molecule has 0 spiro atoms. The predicted octanol–water partition coefficient (Wildman–Crippen LogP) is 4.04. The molecule has 7 rings (SSSR count). The molecule has 0 saturated carbocycles. The zero-order valence-electron chi connectivity index (χ0n) is 21.3. The Kier molecular flexibility index (Phi) is 5.52. The third kappa shape index (κ3) is 3.83. The number of nitrogens with one attached hydrogen (secondary N) is 2. The minimum Gasteiger partial charge on any atom is -0.493 e. The zero-order chi connectivity index (χ0) is 25.0. The average Bonchev–Trinajstić information content (AvgIpc) is 3.25. The van der Waals surface area contributed by atoms with E-state index in [-0.39, 0.29) is 6.10 Å². The third-order valence-electron chi connectivity index (χ3n) is 7.38. The summed E-state index contributed by atoms with van der Waals surface area (Å²) in [5.74, 6) is 2.35. The van der Waals surface area contributed by atoms with Crippen LogP contribution >= 0.6 is 0 Å². The van der Waals surface area contributed by atoms with Crippen LogP contribution in [0.15, 0.2) is 30.6 Å². The molecule has 3 saturated heterocycles. The van der Waals surface area contributed by atoms with Crippen LogP contribution < -0.4 is 19.7 Å². The number of aromatic nitrogens is 5. The summed E-state index contributed by atoms with van der Waals surface area (Å²) in [6.45, 7) is 10.1. The second-order valence-electron chi connectivity index (χ2n) is 9.97. The summed E-state index contributed by atoms with van der Waals surface area (Å²) < 4.78 is 12.1. The van der Waals surface area contributed by atoms with Crippen molar-refractivity contribution in [3.63, 3.8) is 0 Å². The Morgan fingerprint density at radius 1 is 1.03 bits per heavy atom. The van der Waals surface area contributed by atoms with Gasteiger partial charge in [-0.05, 0) is 57.4 Å². The monoisotopic (exact) mass is 485 g/mol. The van der Waals surface area contributed by atoms with E-state index >= 15 is 0 Å². The fourth-order valence-electron chi connectivity index (χ4n) is 5.69. The number of methoxy groups -OCH3 is 1. The molecule has 9 heteroatoms. The molecule has 0 amide bonds. The number of pyridine rings is 1. The molecule has 3 aromatic heterocycles. The topological polar surface area (TPSA) is 101 Å². The van der Waals surface area contributed by atoms with Crippen molar-refractivity contribution >= 4 is 16.7 Å². The van der Waals surface area contributed by atoms with Gasteiger partial charge in [0.25, 0.3) is 0 Å². The Bertz CT molecular complexity index is 1410. The number of piperazine rings is 1. The highest BCUT2D eigenvalue weighted by Crippen LogP contribution is 2.39. The van der Waals surface area contributed by atoms with Crippen molar-refractivity contribution in [1.82, 2.24) is 30.7 Å². The lowest BCUT2D eigenvalue weighted by atomic mass is 9.91. The minimum absolute atomic E-state index is 0.226. The molecule has 3 atom stereocenters. The van der Waals surface area contributed by atoms with Gasteiger partial charge in [0.05, 0.1) is 24.5 Å². The number of piperidine rings is 1. The number of hydrogen-bond donors (Lipinski definition) is 2. The first kappa shape index (κ1) is 22.7. The molecule has 2 unspecified atom stereocenters. The van der Waals surface area contributed by atoms with E-state index in [1.54, 1.807) is 13.3 Å². The number of aromatic amines is 1. The van der Waals surface area contributed by atoms with E-state index in [1.165, 1.54) is 6.42 Å². The maximum absolute atomic E-state index is 6.43.